The molecule has 3 N–H and O–H groups in total. The van der Waals surface area contributed by atoms with Gasteiger partial charge in [0.05, 0.1) is 5.69 Å². The largest absolute Gasteiger partial charge is 0.325 e. The molecule has 0 fully saturated rings. The number of hydrogen-bond acceptors (Lipinski definition) is 3. The fraction of sp³-hybridized carbons (Fsp3) is 0.0667. The fourth-order valence-electron chi connectivity index (χ4n) is 1.72. The van der Waals surface area contributed by atoms with E-state index in [1.165, 1.54) is 12.1 Å². The number of hydrazine groups is 1. The number of benzene rings is 2. The van der Waals surface area contributed by atoms with E-state index in [9.17, 15) is 9.59 Å². The molecule has 0 aromatic heterocycles. The molecule has 8 heteroatoms. The summed E-state index contributed by atoms with van der Waals surface area (Å²) in [5, 5.41) is 3.36. The van der Waals surface area contributed by atoms with Gasteiger partial charge in [-0.05, 0) is 42.5 Å². The average molecular weight is 373 g/mol. The van der Waals surface area contributed by atoms with Gasteiger partial charge >= 0.3 is 0 Å². The van der Waals surface area contributed by atoms with E-state index in [1.807, 2.05) is 0 Å². The minimum Gasteiger partial charge on any atom is -0.325 e. The number of hydrogen-bond donors (Lipinski definition) is 3. The van der Waals surface area contributed by atoms with Crippen LogP contribution in [0, 0.1) is 0 Å². The van der Waals surface area contributed by atoms with Gasteiger partial charge in [-0.3, -0.25) is 20.4 Å². The standard InChI is InChI=1S/C15H12Cl3N3O2/c16-8-14(22)19-12-1-3-13(4-2-12)20-21-15(23)9-5-10(17)7-11(18)6-9/h1-7,20H,8H2,(H,19,22)(H,21,23). The van der Waals surface area contributed by atoms with Crippen LogP contribution >= 0.6 is 34.8 Å². The Kier molecular flexibility index (Phi) is 6.10. The van der Waals surface area contributed by atoms with Crippen molar-refractivity contribution in [2.24, 2.45) is 0 Å². The van der Waals surface area contributed by atoms with E-state index in [-0.39, 0.29) is 17.7 Å². The van der Waals surface area contributed by atoms with Gasteiger partial charge in [0.15, 0.2) is 0 Å². The Morgan fingerprint density at radius 2 is 1.48 bits per heavy atom. The van der Waals surface area contributed by atoms with Crippen LogP contribution in [0.4, 0.5) is 11.4 Å². The zero-order valence-corrected chi connectivity index (χ0v) is 14.0. The molecule has 0 atom stereocenters. The minimum atomic E-state index is -0.381. The van der Waals surface area contributed by atoms with Crippen molar-refractivity contribution in [3.63, 3.8) is 0 Å². The van der Waals surface area contributed by atoms with E-state index in [4.69, 9.17) is 34.8 Å². The van der Waals surface area contributed by atoms with Crippen molar-refractivity contribution >= 4 is 58.0 Å². The Morgan fingerprint density at radius 1 is 0.913 bits per heavy atom. The number of amides is 2. The van der Waals surface area contributed by atoms with Crippen LogP contribution in [-0.4, -0.2) is 17.7 Å². The third-order valence-corrected chi connectivity index (χ3v) is 3.41. The molecule has 0 spiro atoms. The summed E-state index contributed by atoms with van der Waals surface area (Å²) in [6.45, 7) is 0. The third-order valence-electron chi connectivity index (χ3n) is 2.74. The average Bonchev–Trinajstić information content (AvgIpc) is 2.52. The second kappa shape index (κ2) is 8.06. The Hall–Kier alpha value is -1.95. The first-order chi connectivity index (χ1) is 11.0. The van der Waals surface area contributed by atoms with Gasteiger partial charge < -0.3 is 5.32 Å². The topological polar surface area (TPSA) is 70.2 Å². The van der Waals surface area contributed by atoms with Crippen molar-refractivity contribution in [3.8, 4) is 0 Å². The summed E-state index contributed by atoms with van der Waals surface area (Å²) in [5.74, 6) is -0.787. The third kappa shape index (κ3) is 5.32. The summed E-state index contributed by atoms with van der Waals surface area (Å²) in [4.78, 5) is 23.2. The van der Waals surface area contributed by atoms with Gasteiger partial charge in [-0.2, -0.15) is 0 Å². The van der Waals surface area contributed by atoms with Crippen LogP contribution in [0.1, 0.15) is 10.4 Å². The summed E-state index contributed by atoms with van der Waals surface area (Å²) in [6, 6.07) is 11.3. The zero-order chi connectivity index (χ0) is 16.8. The lowest BCUT2D eigenvalue weighted by molar-refractivity contribution is -0.113. The first-order valence-corrected chi connectivity index (χ1v) is 7.75. The number of halogens is 3. The predicted octanol–water partition coefficient (Wildman–Crippen LogP) is 3.93. The van der Waals surface area contributed by atoms with E-state index in [0.717, 1.165) is 0 Å². The lowest BCUT2D eigenvalue weighted by atomic mass is 10.2. The van der Waals surface area contributed by atoms with Gasteiger partial charge in [-0.15, -0.1) is 11.6 Å². The van der Waals surface area contributed by atoms with Crippen LogP contribution in [-0.2, 0) is 4.79 Å². The highest BCUT2D eigenvalue weighted by molar-refractivity contribution is 6.35. The number of carbonyl (C=O) groups is 2. The van der Waals surface area contributed by atoms with E-state index >= 15 is 0 Å². The molecule has 0 saturated carbocycles. The normalized spacial score (nSPS) is 10.0. The minimum absolute atomic E-state index is 0.113. The number of nitrogens with one attached hydrogen (secondary N) is 3. The van der Waals surface area contributed by atoms with E-state index in [2.05, 4.69) is 16.2 Å². The molecular formula is C15H12Cl3N3O2. The first kappa shape index (κ1) is 17.4. The molecule has 2 rings (SSSR count). The molecular weight excluding hydrogens is 361 g/mol. The molecule has 0 bridgehead atoms. The van der Waals surface area contributed by atoms with Gasteiger partial charge in [0.25, 0.3) is 5.91 Å². The molecule has 0 saturated heterocycles. The Bertz CT molecular complexity index is 700. The monoisotopic (exact) mass is 371 g/mol. The summed E-state index contributed by atoms with van der Waals surface area (Å²) in [5.41, 5.74) is 6.85. The van der Waals surface area contributed by atoms with Gasteiger partial charge in [0.1, 0.15) is 5.88 Å². The van der Waals surface area contributed by atoms with Gasteiger partial charge in [0.2, 0.25) is 5.91 Å². The molecule has 2 aromatic carbocycles. The Balaban J connectivity index is 1.95. The molecule has 0 aliphatic rings. The molecule has 5 nitrogen and oxygen atoms in total. The van der Waals surface area contributed by atoms with Crippen LogP contribution in [0.3, 0.4) is 0 Å². The zero-order valence-electron chi connectivity index (χ0n) is 11.7. The van der Waals surface area contributed by atoms with Gasteiger partial charge in [0, 0.05) is 21.3 Å². The molecule has 0 aliphatic heterocycles. The SMILES string of the molecule is O=C(CCl)Nc1ccc(NNC(=O)c2cc(Cl)cc(Cl)c2)cc1. The lowest BCUT2D eigenvalue weighted by Gasteiger charge is -2.10. The number of alkyl halides is 1. The predicted molar refractivity (Wildman–Crippen MR) is 93.3 cm³/mol. The van der Waals surface area contributed by atoms with Crippen molar-refractivity contribution in [1.82, 2.24) is 5.43 Å². The van der Waals surface area contributed by atoms with Crippen molar-refractivity contribution < 1.29 is 9.59 Å². The van der Waals surface area contributed by atoms with Crippen LogP contribution in [0.15, 0.2) is 42.5 Å². The lowest BCUT2D eigenvalue weighted by Crippen LogP contribution is -2.29. The maximum absolute atomic E-state index is 12.0. The molecule has 0 aliphatic carbocycles. The molecule has 0 heterocycles. The quantitative estimate of drug-likeness (QED) is 0.550. The molecule has 0 unspecified atom stereocenters. The van der Waals surface area contributed by atoms with Gasteiger partial charge in [-0.25, -0.2) is 0 Å². The van der Waals surface area contributed by atoms with Crippen molar-refractivity contribution in [1.29, 1.82) is 0 Å². The van der Waals surface area contributed by atoms with E-state index in [1.54, 1.807) is 30.3 Å². The molecule has 2 aromatic rings. The highest BCUT2D eigenvalue weighted by Crippen LogP contribution is 2.19. The number of rotatable bonds is 5. The summed E-state index contributed by atoms with van der Waals surface area (Å²) in [7, 11) is 0. The molecule has 2 amide bonds. The van der Waals surface area contributed by atoms with Crippen LogP contribution in [0.25, 0.3) is 0 Å². The Morgan fingerprint density at radius 3 is 2.04 bits per heavy atom. The summed E-state index contributed by atoms with van der Waals surface area (Å²) < 4.78 is 0. The highest BCUT2D eigenvalue weighted by atomic mass is 35.5. The van der Waals surface area contributed by atoms with Crippen molar-refractivity contribution in [3.05, 3.63) is 58.1 Å². The van der Waals surface area contributed by atoms with Gasteiger partial charge in [-0.1, -0.05) is 23.2 Å². The highest BCUT2D eigenvalue weighted by Gasteiger charge is 2.07. The summed E-state index contributed by atoms with van der Waals surface area (Å²) in [6.07, 6.45) is 0. The molecule has 120 valence electrons. The maximum atomic E-state index is 12.0. The molecule has 0 radical (unpaired) electrons. The number of anilines is 2. The van der Waals surface area contributed by atoms with Crippen LogP contribution in [0.2, 0.25) is 10.0 Å². The smallest absolute Gasteiger partial charge is 0.269 e. The molecule has 23 heavy (non-hydrogen) atoms. The second-order valence-electron chi connectivity index (χ2n) is 4.50. The van der Waals surface area contributed by atoms with E-state index in [0.29, 0.717) is 27.0 Å². The van der Waals surface area contributed by atoms with Crippen LogP contribution in [0.5, 0.6) is 0 Å². The first-order valence-electron chi connectivity index (χ1n) is 6.46. The van der Waals surface area contributed by atoms with Crippen molar-refractivity contribution in [2.75, 3.05) is 16.6 Å². The van der Waals surface area contributed by atoms with Crippen LogP contribution < -0.4 is 16.2 Å². The fourth-order valence-corrected chi connectivity index (χ4v) is 2.31. The van der Waals surface area contributed by atoms with Crippen molar-refractivity contribution in [2.45, 2.75) is 0 Å². The second-order valence-corrected chi connectivity index (χ2v) is 5.64. The Labute approximate surface area is 147 Å². The summed E-state index contributed by atoms with van der Waals surface area (Å²) >= 11 is 17.1. The van der Waals surface area contributed by atoms with E-state index < -0.39 is 0 Å². The number of carbonyl (C=O) groups excluding carboxylic acids is 2. The maximum Gasteiger partial charge on any atom is 0.269 e.